The summed E-state index contributed by atoms with van der Waals surface area (Å²) in [5.74, 6) is 2.92. The lowest BCUT2D eigenvalue weighted by Gasteiger charge is -2.03. The van der Waals surface area contributed by atoms with E-state index in [4.69, 9.17) is 6.42 Å². The van der Waals surface area contributed by atoms with Crippen LogP contribution in [0.25, 0.3) is 17.1 Å². The molecule has 5 heteroatoms. The van der Waals surface area contributed by atoms with E-state index in [1.165, 1.54) is 11.8 Å². The second kappa shape index (κ2) is 6.65. The van der Waals surface area contributed by atoms with Crippen LogP contribution in [0, 0.1) is 12.3 Å². The van der Waals surface area contributed by atoms with Crippen molar-refractivity contribution in [2.75, 3.05) is 5.75 Å². The average Bonchev–Trinajstić information content (AvgIpc) is 3.17. The van der Waals surface area contributed by atoms with Gasteiger partial charge < -0.3 is 0 Å². The van der Waals surface area contributed by atoms with Gasteiger partial charge in [-0.05, 0) is 29.7 Å². The smallest absolute Gasteiger partial charge is 0.257 e. The molecule has 0 saturated heterocycles. The van der Waals surface area contributed by atoms with Crippen molar-refractivity contribution in [2.45, 2.75) is 5.16 Å². The Bertz CT molecular complexity index is 870. The molecule has 2 aromatic heterocycles. The summed E-state index contributed by atoms with van der Waals surface area (Å²) in [6.45, 7) is 0. The zero-order valence-corrected chi connectivity index (χ0v) is 13.2. The van der Waals surface area contributed by atoms with Crippen molar-refractivity contribution in [3.63, 3.8) is 0 Å². The van der Waals surface area contributed by atoms with Gasteiger partial charge in [-0.3, -0.25) is 9.36 Å². The molecule has 0 N–H and O–H groups in total. The van der Waals surface area contributed by atoms with Crippen LogP contribution in [-0.2, 0) is 0 Å². The summed E-state index contributed by atoms with van der Waals surface area (Å²) in [5, 5.41) is 2.60. The monoisotopic (exact) mass is 324 g/mol. The molecular formula is C17H12N2OS2. The van der Waals surface area contributed by atoms with Crippen LogP contribution in [0.4, 0.5) is 0 Å². The van der Waals surface area contributed by atoms with Gasteiger partial charge in [0.2, 0.25) is 0 Å². The molecule has 0 amide bonds. The summed E-state index contributed by atoms with van der Waals surface area (Å²) in [4.78, 5) is 18.1. The molecule has 0 saturated carbocycles. The van der Waals surface area contributed by atoms with Gasteiger partial charge in [0, 0.05) is 11.0 Å². The quantitative estimate of drug-likeness (QED) is 0.410. The Morgan fingerprint density at radius 1 is 1.36 bits per heavy atom. The predicted molar refractivity (Wildman–Crippen MR) is 93.3 cm³/mol. The summed E-state index contributed by atoms with van der Waals surface area (Å²) in [6.07, 6.45) is 8.70. The Morgan fingerprint density at radius 2 is 2.23 bits per heavy atom. The van der Waals surface area contributed by atoms with Gasteiger partial charge in [0.15, 0.2) is 5.16 Å². The van der Waals surface area contributed by atoms with Gasteiger partial charge in [-0.15, -0.1) is 17.8 Å². The van der Waals surface area contributed by atoms with Crippen molar-refractivity contribution in [3.8, 4) is 12.3 Å². The fourth-order valence-corrected chi connectivity index (χ4v) is 3.34. The number of para-hydroxylation sites is 2. The van der Waals surface area contributed by atoms with Crippen LogP contribution < -0.4 is 0 Å². The Morgan fingerprint density at radius 3 is 3.00 bits per heavy atom. The first kappa shape index (κ1) is 14.6. The number of hydrogen-bond acceptors (Lipinski definition) is 4. The van der Waals surface area contributed by atoms with Gasteiger partial charge in [0.25, 0.3) is 5.91 Å². The van der Waals surface area contributed by atoms with Crippen LogP contribution in [0.2, 0.25) is 0 Å². The van der Waals surface area contributed by atoms with Crippen molar-refractivity contribution < 1.29 is 4.79 Å². The number of benzene rings is 1. The number of rotatable bonds is 4. The van der Waals surface area contributed by atoms with Crippen molar-refractivity contribution in [3.05, 3.63) is 52.7 Å². The highest BCUT2D eigenvalue weighted by atomic mass is 32.2. The van der Waals surface area contributed by atoms with E-state index in [2.05, 4.69) is 10.9 Å². The minimum Gasteiger partial charge on any atom is -0.269 e. The molecule has 0 fully saturated rings. The second-order valence-corrected chi connectivity index (χ2v) is 6.32. The standard InChI is InChI=1S/C17H12N2OS2/c1-2-11-22-17-18-14-7-3-4-8-15(14)19(17)16(20)10-9-13-6-5-12-21-13/h1,3-10,12H,11H2. The molecule has 0 aliphatic rings. The largest absolute Gasteiger partial charge is 0.269 e. The third-order valence-corrected chi connectivity index (χ3v) is 4.65. The molecule has 0 atom stereocenters. The van der Waals surface area contributed by atoms with Crippen LogP contribution in [0.5, 0.6) is 0 Å². The second-order valence-electron chi connectivity index (χ2n) is 4.40. The highest BCUT2D eigenvalue weighted by molar-refractivity contribution is 7.99. The normalized spacial score (nSPS) is 11.0. The molecule has 2 heterocycles. The molecule has 108 valence electrons. The number of carbonyl (C=O) groups excluding carboxylic acids is 1. The number of hydrogen-bond donors (Lipinski definition) is 0. The first-order valence-electron chi connectivity index (χ1n) is 6.59. The van der Waals surface area contributed by atoms with E-state index in [0.29, 0.717) is 10.9 Å². The lowest BCUT2D eigenvalue weighted by Crippen LogP contribution is -2.08. The summed E-state index contributed by atoms with van der Waals surface area (Å²) in [5.41, 5.74) is 1.59. The highest BCUT2D eigenvalue weighted by Crippen LogP contribution is 2.24. The van der Waals surface area contributed by atoms with Gasteiger partial charge in [-0.25, -0.2) is 4.98 Å². The number of terminal acetylenes is 1. The Labute approximate surface area is 136 Å². The maximum Gasteiger partial charge on any atom is 0.257 e. The third-order valence-electron chi connectivity index (χ3n) is 2.97. The van der Waals surface area contributed by atoms with Crippen LogP contribution >= 0.6 is 23.1 Å². The zero-order valence-electron chi connectivity index (χ0n) is 11.6. The topological polar surface area (TPSA) is 34.9 Å². The molecule has 3 nitrogen and oxygen atoms in total. The van der Waals surface area contributed by atoms with Crippen LogP contribution in [0.3, 0.4) is 0 Å². The van der Waals surface area contributed by atoms with E-state index in [9.17, 15) is 4.79 Å². The molecular weight excluding hydrogens is 312 g/mol. The van der Waals surface area contributed by atoms with Crippen LogP contribution in [0.15, 0.2) is 53.0 Å². The lowest BCUT2D eigenvalue weighted by atomic mass is 10.3. The molecule has 22 heavy (non-hydrogen) atoms. The van der Waals surface area contributed by atoms with Gasteiger partial charge in [0.05, 0.1) is 16.8 Å². The molecule has 3 aromatic rings. The van der Waals surface area contributed by atoms with E-state index < -0.39 is 0 Å². The highest BCUT2D eigenvalue weighted by Gasteiger charge is 2.14. The summed E-state index contributed by atoms with van der Waals surface area (Å²) in [6, 6.07) is 11.5. The van der Waals surface area contributed by atoms with Crippen molar-refractivity contribution in [2.24, 2.45) is 0 Å². The Kier molecular flexibility index (Phi) is 4.42. The van der Waals surface area contributed by atoms with Crippen molar-refractivity contribution in [1.29, 1.82) is 0 Å². The average molecular weight is 324 g/mol. The number of fused-ring (bicyclic) bond motifs is 1. The fraction of sp³-hybridized carbons (Fsp3) is 0.0588. The van der Waals surface area contributed by atoms with Gasteiger partial charge in [0.1, 0.15) is 0 Å². The maximum absolute atomic E-state index is 12.6. The molecule has 0 radical (unpaired) electrons. The summed E-state index contributed by atoms with van der Waals surface area (Å²) < 4.78 is 1.61. The van der Waals surface area contributed by atoms with Gasteiger partial charge >= 0.3 is 0 Å². The van der Waals surface area contributed by atoms with Crippen molar-refractivity contribution in [1.82, 2.24) is 9.55 Å². The zero-order chi connectivity index (χ0) is 15.4. The Hall–Kier alpha value is -2.29. The molecule has 0 spiro atoms. The lowest BCUT2D eigenvalue weighted by molar-refractivity contribution is 0.0965. The van der Waals surface area contributed by atoms with E-state index in [1.807, 2.05) is 47.9 Å². The number of imidazole rings is 1. The van der Waals surface area contributed by atoms with Crippen LogP contribution in [-0.4, -0.2) is 21.2 Å². The predicted octanol–water partition coefficient (Wildman–Crippen LogP) is 4.18. The number of allylic oxidation sites excluding steroid dienone is 1. The summed E-state index contributed by atoms with van der Waals surface area (Å²) >= 11 is 2.98. The Balaban J connectivity index is 2.00. The molecule has 0 unspecified atom stereocenters. The van der Waals surface area contributed by atoms with Crippen LogP contribution in [0.1, 0.15) is 9.67 Å². The van der Waals surface area contributed by atoms with Crippen molar-refractivity contribution >= 4 is 46.1 Å². The fourth-order valence-electron chi connectivity index (χ4n) is 2.03. The SMILES string of the molecule is C#CCSc1nc2ccccc2n1C(=O)C=Cc1cccs1. The number of aromatic nitrogens is 2. The van der Waals surface area contributed by atoms with Gasteiger partial charge in [-0.2, -0.15) is 0 Å². The minimum absolute atomic E-state index is 0.123. The molecule has 0 aliphatic heterocycles. The number of carbonyl (C=O) groups is 1. The molecule has 3 rings (SSSR count). The number of thiophene rings is 1. The van der Waals surface area contributed by atoms with Gasteiger partial charge in [-0.1, -0.05) is 35.9 Å². The first-order chi connectivity index (χ1) is 10.8. The number of nitrogens with zero attached hydrogens (tertiary/aromatic N) is 2. The molecule has 0 bridgehead atoms. The van der Waals surface area contributed by atoms with E-state index in [0.717, 1.165) is 15.9 Å². The first-order valence-corrected chi connectivity index (χ1v) is 8.46. The van der Waals surface area contributed by atoms with E-state index >= 15 is 0 Å². The minimum atomic E-state index is -0.123. The molecule has 0 aliphatic carbocycles. The van der Waals surface area contributed by atoms with E-state index in [1.54, 1.807) is 22.0 Å². The molecule has 1 aromatic carbocycles. The summed E-state index contributed by atoms with van der Waals surface area (Å²) in [7, 11) is 0. The maximum atomic E-state index is 12.6. The number of thioether (sulfide) groups is 1. The third kappa shape index (κ3) is 2.98. The van der Waals surface area contributed by atoms with E-state index in [-0.39, 0.29) is 5.91 Å².